The Kier molecular flexibility index (Phi) is 8.05. The Hall–Kier alpha value is -3.40. The van der Waals surface area contributed by atoms with Gasteiger partial charge in [-0.05, 0) is 45.5 Å². The minimum atomic E-state index is -0.504. The van der Waals surface area contributed by atoms with E-state index in [4.69, 9.17) is 4.74 Å². The van der Waals surface area contributed by atoms with E-state index < -0.39 is 5.82 Å². The predicted molar refractivity (Wildman–Crippen MR) is 130 cm³/mol. The molecule has 10 heteroatoms. The average molecular weight is 458 g/mol. The first-order valence-electron chi connectivity index (χ1n) is 10.9. The van der Waals surface area contributed by atoms with Crippen LogP contribution in [-0.4, -0.2) is 68.2 Å². The van der Waals surface area contributed by atoms with Crippen molar-refractivity contribution in [2.24, 2.45) is 0 Å². The van der Waals surface area contributed by atoms with Gasteiger partial charge in [0.25, 0.3) is 0 Å². The van der Waals surface area contributed by atoms with E-state index >= 15 is 0 Å². The van der Waals surface area contributed by atoms with Crippen molar-refractivity contribution in [3.63, 3.8) is 0 Å². The van der Waals surface area contributed by atoms with E-state index in [1.807, 2.05) is 32.1 Å². The highest BCUT2D eigenvalue weighted by molar-refractivity contribution is 6.02. The molecule has 1 aromatic heterocycles. The number of nitrogens with zero attached hydrogens (tertiary/aromatic N) is 4. The van der Waals surface area contributed by atoms with E-state index in [-0.39, 0.29) is 23.7 Å². The van der Waals surface area contributed by atoms with E-state index in [9.17, 15) is 9.18 Å². The summed E-state index contributed by atoms with van der Waals surface area (Å²) in [5, 5.41) is 9.06. The van der Waals surface area contributed by atoms with Gasteiger partial charge in [0.15, 0.2) is 11.6 Å². The van der Waals surface area contributed by atoms with E-state index in [1.54, 1.807) is 13.2 Å². The summed E-state index contributed by atoms with van der Waals surface area (Å²) in [6, 6.07) is 3.80. The van der Waals surface area contributed by atoms with Crippen molar-refractivity contribution in [1.82, 2.24) is 14.9 Å². The zero-order chi connectivity index (χ0) is 24.0. The molecule has 0 unspecified atom stereocenters. The number of amides is 1. The van der Waals surface area contributed by atoms with Gasteiger partial charge in [0.05, 0.1) is 30.4 Å². The fraction of sp³-hybridized carbons (Fsp3) is 0.435. The lowest BCUT2D eigenvalue weighted by Gasteiger charge is -2.27. The van der Waals surface area contributed by atoms with Gasteiger partial charge in [-0.15, -0.1) is 0 Å². The van der Waals surface area contributed by atoms with Crippen LogP contribution in [0.1, 0.15) is 19.3 Å². The molecule has 1 aromatic carbocycles. The number of carbonyl (C=O) groups is 1. The molecular formula is C23H32FN7O2. The minimum absolute atomic E-state index is 0.163. The second-order valence-electron chi connectivity index (χ2n) is 8.28. The van der Waals surface area contributed by atoms with Crippen molar-refractivity contribution in [3.05, 3.63) is 36.8 Å². The van der Waals surface area contributed by atoms with Crippen molar-refractivity contribution in [2.75, 3.05) is 62.2 Å². The zero-order valence-electron chi connectivity index (χ0n) is 19.6. The molecule has 1 fully saturated rings. The number of anilines is 5. The van der Waals surface area contributed by atoms with Crippen LogP contribution in [0, 0.1) is 5.82 Å². The molecule has 9 nitrogen and oxygen atoms in total. The molecule has 1 aliphatic rings. The third-order valence-electron chi connectivity index (χ3n) is 5.49. The van der Waals surface area contributed by atoms with Crippen molar-refractivity contribution in [2.45, 2.75) is 25.3 Å². The first-order valence-corrected chi connectivity index (χ1v) is 10.9. The van der Waals surface area contributed by atoms with E-state index in [0.29, 0.717) is 17.1 Å². The van der Waals surface area contributed by atoms with E-state index in [0.717, 1.165) is 44.2 Å². The smallest absolute Gasteiger partial charge is 0.247 e. The van der Waals surface area contributed by atoms with Crippen LogP contribution in [0.4, 0.5) is 33.2 Å². The van der Waals surface area contributed by atoms with Gasteiger partial charge < -0.3 is 30.5 Å². The summed E-state index contributed by atoms with van der Waals surface area (Å²) in [5.41, 5.74) is 1.88. The highest BCUT2D eigenvalue weighted by Gasteiger charge is 2.20. The van der Waals surface area contributed by atoms with Crippen LogP contribution in [-0.2, 0) is 4.79 Å². The number of likely N-dealkylation sites (N-methyl/N-ethyl adjacent to an activating group) is 2. The van der Waals surface area contributed by atoms with E-state index in [2.05, 4.69) is 37.4 Å². The Balaban J connectivity index is 1.92. The van der Waals surface area contributed by atoms with Gasteiger partial charge in [-0.1, -0.05) is 6.58 Å². The molecule has 0 spiro atoms. The summed E-state index contributed by atoms with van der Waals surface area (Å²) >= 11 is 0. The lowest BCUT2D eigenvalue weighted by atomic mass is 9.93. The molecule has 0 saturated heterocycles. The molecule has 3 rings (SSSR count). The largest absolute Gasteiger partial charge is 0.494 e. The van der Waals surface area contributed by atoms with Crippen LogP contribution < -0.4 is 25.6 Å². The normalized spacial score (nSPS) is 13.3. The number of benzene rings is 1. The molecule has 1 aliphatic carbocycles. The molecule has 1 saturated carbocycles. The lowest BCUT2D eigenvalue weighted by Crippen LogP contribution is -2.29. The lowest BCUT2D eigenvalue weighted by molar-refractivity contribution is -0.111. The van der Waals surface area contributed by atoms with Crippen molar-refractivity contribution in [1.29, 1.82) is 0 Å². The average Bonchev–Trinajstić information content (AvgIpc) is 2.76. The summed E-state index contributed by atoms with van der Waals surface area (Å²) in [7, 11) is 7.49. The molecule has 0 aliphatic heterocycles. The highest BCUT2D eigenvalue weighted by atomic mass is 19.1. The summed E-state index contributed by atoms with van der Waals surface area (Å²) < 4.78 is 19.8. The number of hydrogen-bond acceptors (Lipinski definition) is 8. The molecule has 1 amide bonds. The SMILES string of the molecule is C=CC(=O)Nc1cc(Nc2ncc(F)c(NC3CCC3)n2)c(OC)cc1N(C)CCN(C)C. The molecule has 2 aromatic rings. The summed E-state index contributed by atoms with van der Waals surface area (Å²) in [6.07, 6.45) is 5.46. The third kappa shape index (κ3) is 6.32. The number of halogens is 1. The number of hydrogen-bond donors (Lipinski definition) is 3. The number of carbonyl (C=O) groups excluding carboxylic acids is 1. The fourth-order valence-corrected chi connectivity index (χ4v) is 3.30. The van der Waals surface area contributed by atoms with Gasteiger partial charge in [-0.25, -0.2) is 9.37 Å². The molecular weight excluding hydrogens is 425 g/mol. The van der Waals surface area contributed by atoms with Gasteiger partial charge in [-0.3, -0.25) is 4.79 Å². The van der Waals surface area contributed by atoms with Gasteiger partial charge in [0.1, 0.15) is 5.75 Å². The van der Waals surface area contributed by atoms with Crippen molar-refractivity contribution >= 4 is 34.7 Å². The van der Waals surface area contributed by atoms with Crippen LogP contribution in [0.2, 0.25) is 0 Å². The van der Waals surface area contributed by atoms with E-state index in [1.165, 1.54) is 6.08 Å². The zero-order valence-corrected chi connectivity index (χ0v) is 19.6. The van der Waals surface area contributed by atoms with Gasteiger partial charge >= 0.3 is 0 Å². The molecule has 0 radical (unpaired) electrons. The molecule has 0 atom stereocenters. The van der Waals surface area contributed by atoms with Crippen molar-refractivity contribution < 1.29 is 13.9 Å². The quantitative estimate of drug-likeness (QED) is 0.442. The summed E-state index contributed by atoms with van der Waals surface area (Å²) in [4.78, 5) is 24.5. The molecule has 33 heavy (non-hydrogen) atoms. The number of rotatable bonds is 11. The second-order valence-corrected chi connectivity index (χ2v) is 8.28. The molecule has 178 valence electrons. The Morgan fingerprint density at radius 1 is 1.27 bits per heavy atom. The van der Waals surface area contributed by atoms with Crippen LogP contribution in [0.3, 0.4) is 0 Å². The minimum Gasteiger partial charge on any atom is -0.494 e. The Morgan fingerprint density at radius 2 is 2.03 bits per heavy atom. The second kappa shape index (κ2) is 11.0. The first-order chi connectivity index (χ1) is 15.8. The van der Waals surface area contributed by atoms with Crippen LogP contribution in [0.25, 0.3) is 0 Å². The number of methoxy groups -OCH3 is 1. The number of ether oxygens (including phenoxy) is 1. The molecule has 3 N–H and O–H groups in total. The monoisotopic (exact) mass is 457 g/mol. The van der Waals surface area contributed by atoms with Crippen LogP contribution >= 0.6 is 0 Å². The highest BCUT2D eigenvalue weighted by Crippen LogP contribution is 2.38. The van der Waals surface area contributed by atoms with Crippen LogP contribution in [0.15, 0.2) is 31.0 Å². The summed E-state index contributed by atoms with van der Waals surface area (Å²) in [5.74, 6) is 0.0666. The van der Waals surface area contributed by atoms with Gasteiger partial charge in [-0.2, -0.15) is 4.98 Å². The van der Waals surface area contributed by atoms with Crippen molar-refractivity contribution in [3.8, 4) is 5.75 Å². The number of nitrogens with one attached hydrogen (secondary N) is 3. The maximum absolute atomic E-state index is 14.2. The Bertz CT molecular complexity index is 995. The standard InChI is InChI=1S/C23H32FN7O2/c1-6-21(32)27-17-12-18(20(33-5)13-19(17)31(4)11-10-30(2)3)28-23-25-14-16(24)22(29-23)26-15-8-7-9-15/h6,12-15H,1,7-11H2,2-5H3,(H,27,32)(H2,25,26,28,29). The van der Waals surface area contributed by atoms with Gasteiger partial charge in [0, 0.05) is 32.2 Å². The maximum atomic E-state index is 14.2. The maximum Gasteiger partial charge on any atom is 0.247 e. The van der Waals surface area contributed by atoms with Crippen LogP contribution in [0.5, 0.6) is 5.75 Å². The van der Waals surface area contributed by atoms with Gasteiger partial charge in [0.2, 0.25) is 11.9 Å². The fourth-order valence-electron chi connectivity index (χ4n) is 3.30. The number of aromatic nitrogens is 2. The Morgan fingerprint density at radius 3 is 2.64 bits per heavy atom. The molecule has 0 bridgehead atoms. The topological polar surface area (TPSA) is 94.6 Å². The Labute approximate surface area is 194 Å². The first kappa shape index (κ1) is 24.2. The predicted octanol–water partition coefficient (Wildman–Crippen LogP) is 3.45. The molecule has 1 heterocycles. The third-order valence-corrected chi connectivity index (χ3v) is 5.49. The summed E-state index contributed by atoms with van der Waals surface area (Å²) in [6.45, 7) is 5.09.